The van der Waals surface area contributed by atoms with Crippen LogP contribution in [0.25, 0.3) is 0 Å². The van der Waals surface area contributed by atoms with Crippen molar-refractivity contribution >= 4 is 28.6 Å². The van der Waals surface area contributed by atoms with Gasteiger partial charge in [-0.3, -0.25) is 0 Å². The maximum absolute atomic E-state index is 13.2. The number of thiophene rings is 1. The van der Waals surface area contributed by atoms with Crippen molar-refractivity contribution in [3.05, 3.63) is 51.4 Å². The predicted molar refractivity (Wildman–Crippen MR) is 72.4 cm³/mol. The van der Waals surface area contributed by atoms with Crippen molar-refractivity contribution in [1.82, 2.24) is 0 Å². The molecule has 1 nitrogen and oxygen atoms in total. The molecule has 17 heavy (non-hydrogen) atoms. The fourth-order valence-electron chi connectivity index (χ4n) is 1.70. The smallest absolute Gasteiger partial charge is 0.126 e. The molecule has 0 spiro atoms. The molecule has 1 atom stereocenters. The lowest BCUT2D eigenvalue weighted by Gasteiger charge is -2.17. The van der Waals surface area contributed by atoms with E-state index in [9.17, 15) is 4.39 Å². The molecule has 0 aliphatic heterocycles. The summed E-state index contributed by atoms with van der Waals surface area (Å²) in [6, 6.07) is 8.80. The Balaban J connectivity index is 2.18. The van der Waals surface area contributed by atoms with Crippen LogP contribution in [0.3, 0.4) is 0 Å². The molecule has 0 saturated heterocycles. The predicted octanol–water partition coefficient (Wildman–Crippen LogP) is 5.10. The maximum Gasteiger partial charge on any atom is 0.126 e. The van der Waals surface area contributed by atoms with Crippen LogP contribution in [0.15, 0.2) is 35.7 Å². The highest BCUT2D eigenvalue weighted by Gasteiger charge is 2.10. The first-order valence-electron chi connectivity index (χ1n) is 5.45. The maximum atomic E-state index is 13.2. The Morgan fingerprint density at radius 1 is 1.41 bits per heavy atom. The second kappa shape index (κ2) is 5.52. The zero-order chi connectivity index (χ0) is 12.3. The largest absolute Gasteiger partial charge is 0.377 e. The van der Waals surface area contributed by atoms with Crippen LogP contribution in [0, 0.1) is 5.82 Å². The van der Waals surface area contributed by atoms with Gasteiger partial charge in [-0.1, -0.05) is 24.6 Å². The number of hydrogen-bond acceptors (Lipinski definition) is 2. The number of rotatable bonds is 4. The molecular formula is C13H13ClFNS. The molecule has 0 amide bonds. The van der Waals surface area contributed by atoms with Crippen molar-refractivity contribution in [2.45, 2.75) is 19.4 Å². The van der Waals surface area contributed by atoms with Gasteiger partial charge in [-0.15, -0.1) is 11.3 Å². The molecule has 2 aromatic rings. The number of nitrogens with one attached hydrogen (secondary N) is 1. The number of benzene rings is 1. The molecule has 1 aromatic heterocycles. The van der Waals surface area contributed by atoms with Crippen LogP contribution >= 0.6 is 22.9 Å². The first-order chi connectivity index (χ1) is 8.19. The summed E-state index contributed by atoms with van der Waals surface area (Å²) < 4.78 is 13.2. The van der Waals surface area contributed by atoms with Crippen LogP contribution in [0.4, 0.5) is 10.1 Å². The van der Waals surface area contributed by atoms with Crippen molar-refractivity contribution in [3.8, 4) is 0 Å². The van der Waals surface area contributed by atoms with E-state index in [-0.39, 0.29) is 11.9 Å². The summed E-state index contributed by atoms with van der Waals surface area (Å²) in [5.74, 6) is -0.318. The molecule has 1 N–H and O–H groups in total. The van der Waals surface area contributed by atoms with E-state index >= 15 is 0 Å². The Labute approximate surface area is 109 Å². The van der Waals surface area contributed by atoms with Gasteiger partial charge in [0.25, 0.3) is 0 Å². The Morgan fingerprint density at radius 2 is 2.24 bits per heavy atom. The van der Waals surface area contributed by atoms with E-state index in [1.54, 1.807) is 17.4 Å². The van der Waals surface area contributed by atoms with E-state index in [2.05, 4.69) is 18.3 Å². The average Bonchev–Trinajstić information content (AvgIpc) is 2.77. The van der Waals surface area contributed by atoms with Crippen LogP contribution < -0.4 is 5.32 Å². The third kappa shape index (κ3) is 3.20. The van der Waals surface area contributed by atoms with Gasteiger partial charge in [0, 0.05) is 15.6 Å². The third-order valence-electron chi connectivity index (χ3n) is 2.50. The summed E-state index contributed by atoms with van der Waals surface area (Å²) in [5, 5.41) is 5.75. The quantitative estimate of drug-likeness (QED) is 0.814. The summed E-state index contributed by atoms with van der Waals surface area (Å²) in [7, 11) is 0. The highest BCUT2D eigenvalue weighted by atomic mass is 35.5. The topological polar surface area (TPSA) is 12.0 Å². The highest BCUT2D eigenvalue weighted by Crippen LogP contribution is 2.27. The van der Waals surface area contributed by atoms with Crippen LogP contribution in [0.2, 0.25) is 5.02 Å². The minimum Gasteiger partial charge on any atom is -0.377 e. The van der Waals surface area contributed by atoms with Crippen LogP contribution in [-0.2, 0) is 0 Å². The first kappa shape index (κ1) is 12.4. The van der Waals surface area contributed by atoms with E-state index < -0.39 is 0 Å². The minimum atomic E-state index is -0.318. The second-order valence-electron chi connectivity index (χ2n) is 3.78. The van der Waals surface area contributed by atoms with Crippen LogP contribution in [0.1, 0.15) is 24.3 Å². The average molecular weight is 270 g/mol. The van der Waals surface area contributed by atoms with E-state index in [1.165, 1.54) is 17.0 Å². The normalized spacial score (nSPS) is 12.4. The standard InChI is InChI=1S/C13H13ClFNS/c1-2-12(13-4-3-5-17-13)16-11-7-9(14)6-10(15)8-11/h3-8,12,16H,2H2,1H3. The van der Waals surface area contributed by atoms with Gasteiger partial charge in [0.2, 0.25) is 0 Å². The summed E-state index contributed by atoms with van der Waals surface area (Å²) in [6.45, 7) is 2.10. The van der Waals surface area contributed by atoms with Gasteiger partial charge in [-0.25, -0.2) is 4.39 Å². The van der Waals surface area contributed by atoms with Crippen molar-refractivity contribution in [3.63, 3.8) is 0 Å². The van der Waals surface area contributed by atoms with E-state index in [1.807, 2.05) is 11.4 Å². The summed E-state index contributed by atoms with van der Waals surface area (Å²) in [5.41, 5.74) is 0.718. The lowest BCUT2D eigenvalue weighted by atomic mass is 10.1. The number of halogens is 2. The minimum absolute atomic E-state index is 0.202. The van der Waals surface area contributed by atoms with Crippen molar-refractivity contribution in [2.24, 2.45) is 0 Å². The van der Waals surface area contributed by atoms with Crippen molar-refractivity contribution in [1.29, 1.82) is 0 Å². The second-order valence-corrected chi connectivity index (χ2v) is 5.19. The Kier molecular flexibility index (Phi) is 4.02. The van der Waals surface area contributed by atoms with E-state index in [0.29, 0.717) is 5.02 Å². The Hall–Kier alpha value is -1.06. The summed E-state index contributed by atoms with van der Waals surface area (Å²) in [6.07, 6.45) is 0.939. The fraction of sp³-hybridized carbons (Fsp3) is 0.231. The van der Waals surface area contributed by atoms with Crippen LogP contribution in [0.5, 0.6) is 0 Å². The van der Waals surface area contributed by atoms with Gasteiger partial charge in [-0.05, 0) is 36.1 Å². The molecule has 1 unspecified atom stereocenters. The van der Waals surface area contributed by atoms with E-state index in [0.717, 1.165) is 12.1 Å². The highest BCUT2D eigenvalue weighted by molar-refractivity contribution is 7.10. The molecule has 90 valence electrons. The molecule has 0 aliphatic carbocycles. The zero-order valence-corrected chi connectivity index (χ0v) is 11.0. The SMILES string of the molecule is CCC(Nc1cc(F)cc(Cl)c1)c1cccs1. The Morgan fingerprint density at radius 3 is 2.82 bits per heavy atom. The molecule has 4 heteroatoms. The summed E-state index contributed by atoms with van der Waals surface area (Å²) in [4.78, 5) is 1.24. The van der Waals surface area contributed by atoms with Gasteiger partial charge >= 0.3 is 0 Å². The Bertz CT molecular complexity index is 464. The lowest BCUT2D eigenvalue weighted by molar-refractivity contribution is 0.627. The van der Waals surface area contributed by atoms with Gasteiger partial charge < -0.3 is 5.32 Å². The number of hydrogen-bond donors (Lipinski definition) is 1. The van der Waals surface area contributed by atoms with Gasteiger partial charge in [0.05, 0.1) is 6.04 Å². The van der Waals surface area contributed by atoms with Gasteiger partial charge in [0.15, 0.2) is 0 Å². The number of anilines is 1. The molecule has 0 fully saturated rings. The monoisotopic (exact) mass is 269 g/mol. The van der Waals surface area contributed by atoms with Crippen molar-refractivity contribution in [2.75, 3.05) is 5.32 Å². The molecule has 0 saturated carbocycles. The lowest BCUT2D eigenvalue weighted by Crippen LogP contribution is -2.08. The zero-order valence-electron chi connectivity index (χ0n) is 9.41. The van der Waals surface area contributed by atoms with Gasteiger partial charge in [0.1, 0.15) is 5.82 Å². The first-order valence-corrected chi connectivity index (χ1v) is 6.71. The molecule has 0 radical (unpaired) electrons. The third-order valence-corrected chi connectivity index (χ3v) is 3.70. The molecule has 0 bridgehead atoms. The molecule has 1 aromatic carbocycles. The molecule has 1 heterocycles. The summed E-state index contributed by atoms with van der Waals surface area (Å²) >= 11 is 7.52. The fourth-order valence-corrected chi connectivity index (χ4v) is 2.79. The van der Waals surface area contributed by atoms with Crippen LogP contribution in [-0.4, -0.2) is 0 Å². The molecule has 0 aliphatic rings. The molecule has 2 rings (SSSR count). The molecular weight excluding hydrogens is 257 g/mol. The van der Waals surface area contributed by atoms with Gasteiger partial charge in [-0.2, -0.15) is 0 Å². The van der Waals surface area contributed by atoms with E-state index in [4.69, 9.17) is 11.6 Å². The van der Waals surface area contributed by atoms with Crippen molar-refractivity contribution < 1.29 is 4.39 Å².